The third kappa shape index (κ3) is 6.44. The van der Waals surface area contributed by atoms with E-state index in [4.69, 9.17) is 9.60 Å². The summed E-state index contributed by atoms with van der Waals surface area (Å²) in [6.07, 6.45) is 3.52. The van der Waals surface area contributed by atoms with Gasteiger partial charge in [-0.15, -0.1) is 0 Å². The van der Waals surface area contributed by atoms with E-state index >= 15 is 0 Å². The van der Waals surface area contributed by atoms with E-state index in [9.17, 15) is 0 Å². The van der Waals surface area contributed by atoms with Gasteiger partial charge < -0.3 is 0 Å². The number of hydrogen-bond donors (Lipinski definition) is 0. The van der Waals surface area contributed by atoms with Crippen molar-refractivity contribution >= 4 is 21.5 Å². The number of fused-ring (bicyclic) bond motifs is 2. The van der Waals surface area contributed by atoms with Gasteiger partial charge in [-0.25, -0.2) is 0 Å². The predicted octanol–water partition coefficient (Wildman–Crippen LogP) is 11.3. The summed E-state index contributed by atoms with van der Waals surface area (Å²) in [7, 11) is 0. The zero-order valence-corrected chi connectivity index (χ0v) is 25.2. The summed E-state index contributed by atoms with van der Waals surface area (Å²) in [6.45, 7) is 7.09. The van der Waals surface area contributed by atoms with Crippen molar-refractivity contribution in [1.82, 2.24) is 9.97 Å². The van der Waals surface area contributed by atoms with E-state index in [1.165, 1.54) is 29.2 Å². The molecule has 0 aliphatic heterocycles. The van der Waals surface area contributed by atoms with E-state index in [-0.39, 0.29) is 0 Å². The summed E-state index contributed by atoms with van der Waals surface area (Å²) in [4.78, 5) is 9.11. The number of hydrogen-bond acceptors (Lipinski definition) is 2. The minimum Gasteiger partial charge on any atom is -0.256 e. The fourth-order valence-electron chi connectivity index (χ4n) is 5.56. The van der Waals surface area contributed by atoms with Crippen molar-refractivity contribution in [3.05, 3.63) is 131 Å². The Kier molecular flexibility index (Phi) is 6.26. The van der Waals surface area contributed by atoms with Gasteiger partial charge in [0.2, 0.25) is 0 Å². The van der Waals surface area contributed by atoms with Crippen molar-refractivity contribution in [2.24, 2.45) is 0 Å². The van der Waals surface area contributed by atoms with Gasteiger partial charge in [0, 0.05) is 43.9 Å². The maximum absolute atomic E-state index is 8.29. The van der Waals surface area contributed by atoms with Gasteiger partial charge in [-0.2, -0.15) is 0 Å². The Morgan fingerprint density at radius 1 is 0.548 bits per heavy atom. The van der Waals surface area contributed by atoms with Crippen LogP contribution < -0.4 is 0 Å². The zero-order chi connectivity index (χ0) is 35.9. The Morgan fingerprint density at radius 3 is 1.45 bits per heavy atom. The SMILES string of the molecule is [2H]C([2H])([2H])C(C)c1ccc2c(-c3cc(C)cc(C)c3)nccc2c1.[2H]C([2H])([2H])C([2H])(C)c1ccc2c(-c3cc(C)cc(C)c3)nccc2c1. The average Bonchev–Trinajstić information content (AvgIpc) is 3.01. The molecule has 0 aliphatic carbocycles. The van der Waals surface area contributed by atoms with Gasteiger partial charge in [-0.3, -0.25) is 9.97 Å². The van der Waals surface area contributed by atoms with Crippen LogP contribution in [-0.2, 0) is 0 Å². The zero-order valence-electron chi connectivity index (χ0n) is 32.2. The molecule has 0 N–H and O–H groups in total. The number of aryl methyl sites for hydroxylation is 4. The monoisotopic (exact) mass is 557 g/mol. The van der Waals surface area contributed by atoms with Gasteiger partial charge >= 0.3 is 0 Å². The van der Waals surface area contributed by atoms with Crippen LogP contribution in [0.4, 0.5) is 0 Å². The number of aromatic nitrogens is 2. The molecule has 0 bridgehead atoms. The second-order valence-corrected chi connectivity index (χ2v) is 11.3. The first-order chi connectivity index (χ1) is 22.8. The lowest BCUT2D eigenvalue weighted by atomic mass is 9.96. The molecule has 0 spiro atoms. The van der Waals surface area contributed by atoms with Crippen molar-refractivity contribution < 1.29 is 9.60 Å². The smallest absolute Gasteiger partial charge is 0.0780 e. The van der Waals surface area contributed by atoms with Crippen LogP contribution in [0.15, 0.2) is 97.3 Å². The second-order valence-electron chi connectivity index (χ2n) is 11.3. The second kappa shape index (κ2) is 12.3. The Labute approximate surface area is 261 Å². The molecule has 2 heterocycles. The first-order valence-electron chi connectivity index (χ1n) is 17.8. The van der Waals surface area contributed by atoms with Crippen LogP contribution in [0, 0.1) is 27.7 Å². The molecule has 2 aromatic heterocycles. The van der Waals surface area contributed by atoms with Crippen molar-refractivity contribution in [3.8, 4) is 22.5 Å². The average molecular weight is 558 g/mol. The van der Waals surface area contributed by atoms with Crippen LogP contribution in [0.25, 0.3) is 44.1 Å². The van der Waals surface area contributed by atoms with Gasteiger partial charge in [0.1, 0.15) is 0 Å². The number of pyridine rings is 2. The fraction of sp³-hybridized carbons (Fsp3) is 0.250. The lowest BCUT2D eigenvalue weighted by Gasteiger charge is -2.11. The standard InChI is InChI=1S/2C20H21N/c2*1-13(2)16-5-6-19-17(12-16)7-8-21-20(19)18-10-14(3)9-15(4)11-18/h2*5-13H,1-4H3/i1D3,13D;1D3. The van der Waals surface area contributed by atoms with Crippen molar-refractivity contribution in [3.63, 3.8) is 0 Å². The molecule has 0 radical (unpaired) electrons. The lowest BCUT2D eigenvalue weighted by molar-refractivity contribution is 0.868. The Bertz CT molecular complexity index is 2110. The van der Waals surface area contributed by atoms with Gasteiger partial charge in [0.05, 0.1) is 11.4 Å². The van der Waals surface area contributed by atoms with E-state index in [1.807, 2.05) is 36.4 Å². The van der Waals surface area contributed by atoms with E-state index < -0.39 is 25.5 Å². The molecule has 2 unspecified atom stereocenters. The van der Waals surface area contributed by atoms with Crippen molar-refractivity contribution in [2.75, 3.05) is 0 Å². The topological polar surface area (TPSA) is 25.8 Å². The molecule has 212 valence electrons. The summed E-state index contributed by atoms with van der Waals surface area (Å²) < 4.78 is 54.1. The third-order valence-electron chi connectivity index (χ3n) is 7.48. The molecule has 4 aromatic carbocycles. The minimum atomic E-state index is -2.38. The molecule has 42 heavy (non-hydrogen) atoms. The fourth-order valence-corrected chi connectivity index (χ4v) is 5.56. The van der Waals surface area contributed by atoms with Crippen LogP contribution in [0.2, 0.25) is 0 Å². The highest BCUT2D eigenvalue weighted by molar-refractivity contribution is 5.96. The molecular weight excluding hydrogens is 508 g/mol. The molecule has 2 atom stereocenters. The van der Waals surface area contributed by atoms with Crippen LogP contribution >= 0.6 is 0 Å². The number of nitrogens with zero attached hydrogens (tertiary/aromatic N) is 2. The molecule has 2 heteroatoms. The van der Waals surface area contributed by atoms with E-state index in [0.29, 0.717) is 5.56 Å². The van der Waals surface area contributed by atoms with Crippen LogP contribution in [-0.4, -0.2) is 9.97 Å². The minimum absolute atomic E-state index is 0.484. The summed E-state index contributed by atoms with van der Waals surface area (Å²) in [5.74, 6) is -2.13. The lowest BCUT2D eigenvalue weighted by Crippen LogP contribution is -1.91. The summed E-state index contributed by atoms with van der Waals surface area (Å²) in [5, 5.41) is 3.92. The third-order valence-corrected chi connectivity index (χ3v) is 7.48. The molecule has 6 rings (SSSR count). The van der Waals surface area contributed by atoms with Gasteiger partial charge in [-0.05, 0) is 97.8 Å². The number of rotatable bonds is 4. The highest BCUT2D eigenvalue weighted by Gasteiger charge is 2.10. The number of benzene rings is 4. The predicted molar refractivity (Wildman–Crippen MR) is 181 cm³/mol. The molecule has 0 aliphatic rings. The van der Waals surface area contributed by atoms with E-state index in [0.717, 1.165) is 49.6 Å². The van der Waals surface area contributed by atoms with Crippen LogP contribution in [0.3, 0.4) is 0 Å². The molecule has 0 saturated carbocycles. The van der Waals surface area contributed by atoms with E-state index in [1.54, 1.807) is 31.5 Å². The Morgan fingerprint density at radius 2 is 1.00 bits per heavy atom. The van der Waals surface area contributed by atoms with Crippen molar-refractivity contribution in [2.45, 2.75) is 67.1 Å². The highest BCUT2D eigenvalue weighted by atomic mass is 14.7. The first-order valence-corrected chi connectivity index (χ1v) is 14.3. The molecule has 2 nitrogen and oxygen atoms in total. The Hall–Kier alpha value is -4.30. The Balaban J connectivity index is 0.000000191. The molecular formula is C40H42N2. The van der Waals surface area contributed by atoms with Crippen LogP contribution in [0.1, 0.15) is 82.3 Å². The van der Waals surface area contributed by atoms with Gasteiger partial charge in [0.25, 0.3) is 0 Å². The molecule has 0 amide bonds. The highest BCUT2D eigenvalue weighted by Crippen LogP contribution is 2.31. The molecule has 6 aromatic rings. The van der Waals surface area contributed by atoms with Gasteiger partial charge in [-0.1, -0.05) is 98.3 Å². The molecule has 0 fully saturated rings. The maximum Gasteiger partial charge on any atom is 0.0780 e. The maximum atomic E-state index is 8.29. The first kappa shape index (κ1) is 21.4. The summed E-state index contributed by atoms with van der Waals surface area (Å²) >= 11 is 0. The van der Waals surface area contributed by atoms with Crippen LogP contribution in [0.5, 0.6) is 0 Å². The van der Waals surface area contributed by atoms with Crippen molar-refractivity contribution in [1.29, 1.82) is 0 Å². The van der Waals surface area contributed by atoms with E-state index in [2.05, 4.69) is 74.1 Å². The quantitative estimate of drug-likeness (QED) is 0.215. The normalized spacial score (nSPS) is 16.4. The molecule has 0 saturated heterocycles. The van der Waals surface area contributed by atoms with Gasteiger partial charge in [0.15, 0.2) is 0 Å². The summed E-state index contributed by atoms with van der Waals surface area (Å²) in [6, 6.07) is 27.8. The largest absolute Gasteiger partial charge is 0.256 e. The summed E-state index contributed by atoms with van der Waals surface area (Å²) in [5.41, 5.74) is 10.0.